The Labute approximate surface area is 158 Å². The Hall–Kier alpha value is -1.95. The normalized spacial score (nSPS) is 14.7. The molecule has 0 spiro atoms. The number of fused-ring (bicyclic) bond motifs is 1. The van der Waals surface area contributed by atoms with E-state index in [-0.39, 0.29) is 0 Å². The maximum atomic E-state index is 5.45. The average molecular weight is 363 g/mol. The molecular weight excluding hydrogens is 328 g/mol. The fourth-order valence-corrected chi connectivity index (χ4v) is 3.34. The Bertz CT molecular complexity index is 604. The van der Waals surface area contributed by atoms with Crippen molar-refractivity contribution in [1.29, 1.82) is 0 Å². The van der Waals surface area contributed by atoms with Crippen molar-refractivity contribution in [3.05, 3.63) is 23.3 Å². The maximum Gasteiger partial charge on any atom is 0.193 e. The lowest BCUT2D eigenvalue weighted by Crippen LogP contribution is -2.43. The second kappa shape index (κ2) is 10.3. The molecule has 1 aromatic rings. The molecule has 1 aliphatic rings. The molecule has 0 radical (unpaired) electrons. The fraction of sp³-hybridized carbons (Fsp3) is 0.650. The number of aliphatic imine (C=N–C) groups is 1. The summed E-state index contributed by atoms with van der Waals surface area (Å²) < 4.78 is 10.9. The van der Waals surface area contributed by atoms with Gasteiger partial charge in [0.2, 0.25) is 0 Å². The number of nitrogens with zero attached hydrogens (tertiary/aromatic N) is 3. The topological polar surface area (TPSA) is 49.3 Å². The molecule has 0 amide bonds. The van der Waals surface area contributed by atoms with Crippen LogP contribution in [0.3, 0.4) is 0 Å². The lowest BCUT2D eigenvalue weighted by atomic mass is 9.99. The van der Waals surface area contributed by atoms with Crippen molar-refractivity contribution in [2.45, 2.75) is 32.7 Å². The lowest BCUT2D eigenvalue weighted by molar-refractivity contribution is 0.255. The number of ether oxygens (including phenoxy) is 2. The lowest BCUT2D eigenvalue weighted by Gasteiger charge is -2.30. The smallest absolute Gasteiger partial charge is 0.193 e. The van der Waals surface area contributed by atoms with Crippen LogP contribution in [-0.4, -0.2) is 70.3 Å². The second-order valence-electron chi connectivity index (χ2n) is 6.75. The number of benzene rings is 1. The molecule has 0 saturated carbocycles. The standard InChI is InChI=1S/C20H34N4O2/c1-6-7-10-23(3)20(21-2)22-9-12-24-11-8-16-13-18(25-4)19(26-5)14-17(16)15-24/h13-14H,6-12,15H2,1-5H3,(H,21,22). The van der Waals surface area contributed by atoms with E-state index in [4.69, 9.17) is 9.47 Å². The molecule has 0 aliphatic carbocycles. The summed E-state index contributed by atoms with van der Waals surface area (Å²) in [6.07, 6.45) is 3.43. The number of hydrogen-bond acceptors (Lipinski definition) is 4. The summed E-state index contributed by atoms with van der Waals surface area (Å²) in [5.74, 6) is 2.60. The fourth-order valence-electron chi connectivity index (χ4n) is 3.34. The molecular formula is C20H34N4O2. The quantitative estimate of drug-likeness (QED) is 0.568. The van der Waals surface area contributed by atoms with Crippen molar-refractivity contribution in [3.63, 3.8) is 0 Å². The van der Waals surface area contributed by atoms with Gasteiger partial charge < -0.3 is 19.7 Å². The third-order valence-corrected chi connectivity index (χ3v) is 4.93. The van der Waals surface area contributed by atoms with E-state index < -0.39 is 0 Å². The van der Waals surface area contributed by atoms with Crippen LogP contribution in [0.25, 0.3) is 0 Å². The maximum absolute atomic E-state index is 5.45. The summed E-state index contributed by atoms with van der Waals surface area (Å²) in [4.78, 5) is 9.06. The Balaban J connectivity index is 1.87. The highest BCUT2D eigenvalue weighted by atomic mass is 16.5. The Morgan fingerprint density at radius 1 is 1.23 bits per heavy atom. The van der Waals surface area contributed by atoms with E-state index in [0.717, 1.165) is 56.6 Å². The minimum absolute atomic E-state index is 0.809. The van der Waals surface area contributed by atoms with Crippen LogP contribution in [-0.2, 0) is 13.0 Å². The van der Waals surface area contributed by atoms with Crippen molar-refractivity contribution < 1.29 is 9.47 Å². The molecule has 0 bridgehead atoms. The Morgan fingerprint density at radius 3 is 2.54 bits per heavy atom. The van der Waals surface area contributed by atoms with Gasteiger partial charge >= 0.3 is 0 Å². The van der Waals surface area contributed by atoms with Gasteiger partial charge in [-0.05, 0) is 36.1 Å². The van der Waals surface area contributed by atoms with Crippen LogP contribution < -0.4 is 14.8 Å². The van der Waals surface area contributed by atoms with Gasteiger partial charge in [-0.3, -0.25) is 9.89 Å². The molecule has 0 aromatic heterocycles. The third-order valence-electron chi connectivity index (χ3n) is 4.93. The van der Waals surface area contributed by atoms with Crippen LogP contribution >= 0.6 is 0 Å². The van der Waals surface area contributed by atoms with Gasteiger partial charge in [-0.15, -0.1) is 0 Å². The predicted octanol–water partition coefficient (Wildman–Crippen LogP) is 2.37. The molecule has 0 fully saturated rings. The van der Waals surface area contributed by atoms with E-state index in [2.05, 4.69) is 46.2 Å². The van der Waals surface area contributed by atoms with E-state index in [9.17, 15) is 0 Å². The van der Waals surface area contributed by atoms with Gasteiger partial charge in [0.05, 0.1) is 14.2 Å². The van der Waals surface area contributed by atoms with E-state index in [0.29, 0.717) is 0 Å². The number of methoxy groups -OCH3 is 2. The minimum atomic E-state index is 0.809. The highest BCUT2D eigenvalue weighted by molar-refractivity contribution is 5.79. The number of guanidine groups is 1. The van der Waals surface area contributed by atoms with Crippen LogP contribution in [0, 0.1) is 0 Å². The second-order valence-corrected chi connectivity index (χ2v) is 6.75. The first-order chi connectivity index (χ1) is 12.6. The summed E-state index contributed by atoms with van der Waals surface area (Å²) in [7, 11) is 7.33. The first kappa shape index (κ1) is 20.4. The summed E-state index contributed by atoms with van der Waals surface area (Å²) in [6.45, 7) is 7.15. The summed E-state index contributed by atoms with van der Waals surface area (Å²) in [6, 6.07) is 4.24. The van der Waals surface area contributed by atoms with Gasteiger partial charge in [0.25, 0.3) is 0 Å². The average Bonchev–Trinajstić information content (AvgIpc) is 2.68. The molecule has 0 atom stereocenters. The van der Waals surface area contributed by atoms with Crippen LogP contribution in [0.15, 0.2) is 17.1 Å². The van der Waals surface area contributed by atoms with Crippen molar-refractivity contribution in [1.82, 2.24) is 15.1 Å². The highest BCUT2D eigenvalue weighted by Crippen LogP contribution is 2.33. The molecule has 0 unspecified atom stereocenters. The van der Waals surface area contributed by atoms with E-state index >= 15 is 0 Å². The van der Waals surface area contributed by atoms with Gasteiger partial charge in [0.15, 0.2) is 17.5 Å². The van der Waals surface area contributed by atoms with Crippen LogP contribution in [0.1, 0.15) is 30.9 Å². The molecule has 26 heavy (non-hydrogen) atoms. The van der Waals surface area contributed by atoms with Gasteiger partial charge in [-0.25, -0.2) is 0 Å². The van der Waals surface area contributed by atoms with Gasteiger partial charge in [-0.1, -0.05) is 13.3 Å². The minimum Gasteiger partial charge on any atom is -0.493 e. The monoisotopic (exact) mass is 362 g/mol. The predicted molar refractivity (Wildman–Crippen MR) is 107 cm³/mol. The SMILES string of the molecule is CCCCN(C)C(=NC)NCCN1CCc2cc(OC)c(OC)cc2C1. The molecule has 6 heteroatoms. The Morgan fingerprint density at radius 2 is 1.92 bits per heavy atom. The van der Waals surface area contributed by atoms with Gasteiger partial charge in [0, 0.05) is 46.8 Å². The third kappa shape index (κ3) is 5.27. The zero-order chi connectivity index (χ0) is 18.9. The van der Waals surface area contributed by atoms with E-state index in [1.165, 1.54) is 24.0 Å². The molecule has 146 valence electrons. The zero-order valence-corrected chi connectivity index (χ0v) is 17.0. The summed E-state index contributed by atoms with van der Waals surface area (Å²) >= 11 is 0. The first-order valence-corrected chi connectivity index (χ1v) is 9.50. The largest absolute Gasteiger partial charge is 0.493 e. The molecule has 1 N–H and O–H groups in total. The number of unbranched alkanes of at least 4 members (excludes halogenated alkanes) is 1. The first-order valence-electron chi connectivity index (χ1n) is 9.50. The number of rotatable bonds is 8. The van der Waals surface area contributed by atoms with Crippen molar-refractivity contribution >= 4 is 5.96 Å². The molecule has 2 rings (SSSR count). The molecule has 0 saturated heterocycles. The van der Waals surface area contributed by atoms with Crippen LogP contribution in [0.5, 0.6) is 11.5 Å². The highest BCUT2D eigenvalue weighted by Gasteiger charge is 2.19. The summed E-state index contributed by atoms with van der Waals surface area (Å²) in [5.41, 5.74) is 2.69. The molecule has 6 nitrogen and oxygen atoms in total. The van der Waals surface area contributed by atoms with E-state index in [1.54, 1.807) is 14.2 Å². The molecule has 1 aromatic carbocycles. The number of hydrogen-bond donors (Lipinski definition) is 1. The van der Waals surface area contributed by atoms with Gasteiger partial charge in [-0.2, -0.15) is 0 Å². The van der Waals surface area contributed by atoms with Crippen molar-refractivity contribution in [2.24, 2.45) is 4.99 Å². The molecule has 1 aliphatic heterocycles. The van der Waals surface area contributed by atoms with Crippen LogP contribution in [0.2, 0.25) is 0 Å². The number of nitrogens with one attached hydrogen (secondary N) is 1. The zero-order valence-electron chi connectivity index (χ0n) is 17.0. The van der Waals surface area contributed by atoms with Crippen molar-refractivity contribution in [3.8, 4) is 11.5 Å². The van der Waals surface area contributed by atoms with E-state index in [1.807, 2.05) is 7.05 Å². The van der Waals surface area contributed by atoms with Crippen molar-refractivity contribution in [2.75, 3.05) is 54.5 Å². The Kier molecular flexibility index (Phi) is 8.04. The molecule has 1 heterocycles. The summed E-state index contributed by atoms with van der Waals surface area (Å²) in [5, 5.41) is 3.48. The van der Waals surface area contributed by atoms with Crippen LogP contribution in [0.4, 0.5) is 0 Å². The van der Waals surface area contributed by atoms with Gasteiger partial charge in [0.1, 0.15) is 0 Å².